The van der Waals surface area contributed by atoms with E-state index in [9.17, 15) is 9.18 Å². The number of halogens is 2. The molecule has 146 valence electrons. The average molecular weight is 439 g/mol. The van der Waals surface area contributed by atoms with Crippen molar-refractivity contribution in [2.45, 2.75) is 16.5 Å². The van der Waals surface area contributed by atoms with Gasteiger partial charge in [-0.05, 0) is 49.4 Å². The first-order valence-electron chi connectivity index (χ1n) is 8.12. The van der Waals surface area contributed by atoms with Crippen molar-refractivity contribution >= 4 is 57.1 Å². The van der Waals surface area contributed by atoms with Gasteiger partial charge in [-0.1, -0.05) is 34.7 Å². The second-order valence-corrected chi connectivity index (χ2v) is 8.58. The minimum absolute atomic E-state index is 0.186. The van der Waals surface area contributed by atoms with Crippen molar-refractivity contribution in [1.82, 2.24) is 10.2 Å². The van der Waals surface area contributed by atoms with E-state index in [1.165, 1.54) is 42.3 Å². The summed E-state index contributed by atoms with van der Waals surface area (Å²) in [6, 6.07) is 11.0. The maximum absolute atomic E-state index is 13.0. The zero-order valence-electron chi connectivity index (χ0n) is 14.9. The Bertz CT molecular complexity index is 968. The van der Waals surface area contributed by atoms with Crippen LogP contribution in [0.3, 0.4) is 0 Å². The third-order valence-corrected chi connectivity index (χ3v) is 5.89. The van der Waals surface area contributed by atoms with Crippen molar-refractivity contribution in [1.29, 1.82) is 0 Å². The first-order valence-corrected chi connectivity index (χ1v) is 10.2. The fraction of sp³-hybridized carbons (Fsp3) is 0.167. The number of carbonyl (C=O) groups excluding carboxylic acids is 1. The monoisotopic (exact) mass is 438 g/mol. The molecule has 0 saturated heterocycles. The van der Waals surface area contributed by atoms with Gasteiger partial charge in [0.15, 0.2) is 4.34 Å². The van der Waals surface area contributed by atoms with Crippen molar-refractivity contribution in [3.8, 4) is 5.75 Å². The highest BCUT2D eigenvalue weighted by molar-refractivity contribution is 8.02. The van der Waals surface area contributed by atoms with Gasteiger partial charge < -0.3 is 15.4 Å². The van der Waals surface area contributed by atoms with Crippen LogP contribution in [0.1, 0.15) is 6.92 Å². The molecule has 0 bridgehead atoms. The third-order valence-electron chi connectivity index (χ3n) is 3.57. The zero-order chi connectivity index (χ0) is 20.1. The minimum Gasteiger partial charge on any atom is -0.495 e. The number of hydrogen-bond acceptors (Lipinski definition) is 7. The molecule has 0 radical (unpaired) electrons. The van der Waals surface area contributed by atoms with E-state index in [0.29, 0.717) is 31.6 Å². The number of nitrogens with one attached hydrogen (secondary N) is 2. The number of thioether (sulfide) groups is 1. The molecule has 1 aromatic heterocycles. The van der Waals surface area contributed by atoms with Crippen LogP contribution in [0.4, 0.5) is 20.9 Å². The molecule has 3 aromatic rings. The third kappa shape index (κ3) is 5.34. The average Bonchev–Trinajstić information content (AvgIpc) is 3.10. The van der Waals surface area contributed by atoms with E-state index in [4.69, 9.17) is 16.3 Å². The van der Waals surface area contributed by atoms with E-state index in [1.54, 1.807) is 37.3 Å². The smallest absolute Gasteiger partial charge is 0.237 e. The van der Waals surface area contributed by atoms with Crippen molar-refractivity contribution < 1.29 is 13.9 Å². The normalized spacial score (nSPS) is 11.7. The Hall–Kier alpha value is -2.36. The number of rotatable bonds is 7. The van der Waals surface area contributed by atoms with Crippen LogP contribution in [0.15, 0.2) is 46.8 Å². The fourth-order valence-electron chi connectivity index (χ4n) is 2.16. The number of amides is 1. The molecule has 1 atom stereocenters. The van der Waals surface area contributed by atoms with Gasteiger partial charge in [-0.25, -0.2) is 4.39 Å². The molecule has 0 saturated carbocycles. The zero-order valence-corrected chi connectivity index (χ0v) is 17.3. The molecule has 1 heterocycles. The van der Waals surface area contributed by atoms with Gasteiger partial charge in [-0.3, -0.25) is 4.79 Å². The van der Waals surface area contributed by atoms with Gasteiger partial charge in [0.1, 0.15) is 11.6 Å². The summed E-state index contributed by atoms with van der Waals surface area (Å²) in [6.07, 6.45) is 0. The van der Waals surface area contributed by atoms with Crippen LogP contribution in [0, 0.1) is 5.82 Å². The summed E-state index contributed by atoms with van der Waals surface area (Å²) in [7, 11) is 1.53. The maximum atomic E-state index is 13.0. The quantitative estimate of drug-likeness (QED) is 0.493. The van der Waals surface area contributed by atoms with Crippen molar-refractivity contribution in [3.05, 3.63) is 53.3 Å². The van der Waals surface area contributed by atoms with Gasteiger partial charge in [0.05, 0.1) is 17.4 Å². The number of carbonyl (C=O) groups is 1. The van der Waals surface area contributed by atoms with E-state index >= 15 is 0 Å². The molecular weight excluding hydrogens is 423 g/mol. The summed E-state index contributed by atoms with van der Waals surface area (Å²) < 4.78 is 18.7. The molecule has 0 aliphatic carbocycles. The first-order chi connectivity index (χ1) is 13.4. The lowest BCUT2D eigenvalue weighted by Gasteiger charge is -2.11. The Balaban J connectivity index is 1.57. The summed E-state index contributed by atoms with van der Waals surface area (Å²) in [5, 5.41) is 14.6. The highest BCUT2D eigenvalue weighted by Crippen LogP contribution is 2.32. The fourth-order valence-corrected chi connectivity index (χ4v) is 4.33. The number of ether oxygens (including phenoxy) is 1. The van der Waals surface area contributed by atoms with Gasteiger partial charge in [0.2, 0.25) is 11.0 Å². The predicted molar refractivity (Wildman–Crippen MR) is 112 cm³/mol. The van der Waals surface area contributed by atoms with Gasteiger partial charge >= 0.3 is 0 Å². The molecule has 0 fully saturated rings. The lowest BCUT2D eigenvalue weighted by atomic mass is 10.3. The Kier molecular flexibility index (Phi) is 6.71. The summed E-state index contributed by atoms with van der Waals surface area (Å²) >= 11 is 8.68. The van der Waals surface area contributed by atoms with Crippen LogP contribution in [0.5, 0.6) is 5.75 Å². The topological polar surface area (TPSA) is 76.1 Å². The van der Waals surface area contributed by atoms with Gasteiger partial charge in [-0.2, -0.15) is 0 Å². The van der Waals surface area contributed by atoms with Crippen LogP contribution < -0.4 is 15.4 Å². The standard InChI is InChI=1S/C18H16ClFN4O2S2/c1-10(16(25)21-13-7-8-15(26-2)14(19)9-13)27-18-24-23-17(28-18)22-12-5-3-11(20)4-6-12/h3-10H,1-2H3,(H,21,25)(H,22,23). The molecule has 2 N–H and O–H groups in total. The van der Waals surface area contributed by atoms with Gasteiger partial charge in [0, 0.05) is 11.4 Å². The number of anilines is 3. The van der Waals surface area contributed by atoms with Gasteiger partial charge in [0.25, 0.3) is 0 Å². The molecule has 1 unspecified atom stereocenters. The summed E-state index contributed by atoms with van der Waals surface area (Å²) in [6.45, 7) is 1.78. The van der Waals surface area contributed by atoms with E-state index in [0.717, 1.165) is 0 Å². The summed E-state index contributed by atoms with van der Waals surface area (Å²) in [4.78, 5) is 12.4. The van der Waals surface area contributed by atoms with Crippen LogP contribution in [-0.4, -0.2) is 28.5 Å². The Labute approximate surface area is 174 Å². The number of aromatic nitrogens is 2. The van der Waals surface area contributed by atoms with Crippen molar-refractivity contribution in [2.75, 3.05) is 17.7 Å². The van der Waals surface area contributed by atoms with E-state index in [2.05, 4.69) is 20.8 Å². The molecule has 1 amide bonds. The molecular formula is C18H16ClFN4O2S2. The molecule has 0 aliphatic rings. The highest BCUT2D eigenvalue weighted by Gasteiger charge is 2.18. The largest absolute Gasteiger partial charge is 0.495 e. The Morgan fingerprint density at radius 2 is 1.93 bits per heavy atom. The molecule has 0 aliphatic heterocycles. The number of nitrogens with zero attached hydrogens (tertiary/aromatic N) is 2. The molecule has 28 heavy (non-hydrogen) atoms. The lowest BCUT2D eigenvalue weighted by molar-refractivity contribution is -0.115. The highest BCUT2D eigenvalue weighted by atomic mass is 35.5. The summed E-state index contributed by atoms with van der Waals surface area (Å²) in [5.41, 5.74) is 1.29. The van der Waals surface area contributed by atoms with E-state index < -0.39 is 5.25 Å². The second-order valence-electron chi connectivity index (χ2n) is 5.60. The number of benzene rings is 2. The molecule has 2 aromatic carbocycles. The Morgan fingerprint density at radius 1 is 1.21 bits per heavy atom. The number of methoxy groups -OCH3 is 1. The van der Waals surface area contributed by atoms with E-state index in [1.807, 2.05) is 0 Å². The van der Waals surface area contributed by atoms with E-state index in [-0.39, 0.29) is 11.7 Å². The van der Waals surface area contributed by atoms with Crippen LogP contribution in [0.2, 0.25) is 5.02 Å². The number of hydrogen-bond donors (Lipinski definition) is 2. The molecule has 0 spiro atoms. The Morgan fingerprint density at radius 3 is 2.61 bits per heavy atom. The van der Waals surface area contributed by atoms with Crippen molar-refractivity contribution in [3.63, 3.8) is 0 Å². The molecule has 10 heteroatoms. The predicted octanol–water partition coefficient (Wildman–Crippen LogP) is 5.20. The van der Waals surface area contributed by atoms with Gasteiger partial charge in [-0.15, -0.1) is 10.2 Å². The molecule has 3 rings (SSSR count). The summed E-state index contributed by atoms with van der Waals surface area (Å²) in [5.74, 6) is 0.0450. The second kappa shape index (κ2) is 9.22. The van der Waals surface area contributed by atoms with Crippen LogP contribution in [-0.2, 0) is 4.79 Å². The lowest BCUT2D eigenvalue weighted by Crippen LogP contribution is -2.22. The van der Waals surface area contributed by atoms with Crippen molar-refractivity contribution in [2.24, 2.45) is 0 Å². The SMILES string of the molecule is COc1ccc(NC(=O)C(C)Sc2nnc(Nc3ccc(F)cc3)s2)cc1Cl. The molecule has 6 nitrogen and oxygen atoms in total. The van der Waals surface area contributed by atoms with Crippen LogP contribution in [0.25, 0.3) is 0 Å². The minimum atomic E-state index is -0.396. The van der Waals surface area contributed by atoms with Crippen LogP contribution >= 0.6 is 34.7 Å². The first kappa shape index (κ1) is 20.4. The maximum Gasteiger partial charge on any atom is 0.237 e.